The number of hydrogen-bond acceptors (Lipinski definition) is 6. The number of esters is 3. The van der Waals surface area contributed by atoms with Crippen LogP contribution in [0.15, 0.2) is 85.1 Å². The molecule has 0 radical (unpaired) electrons. The minimum atomic E-state index is -0.789. The summed E-state index contributed by atoms with van der Waals surface area (Å²) in [4.78, 5) is 38.1. The zero-order valence-electron chi connectivity index (χ0n) is 44.6. The van der Waals surface area contributed by atoms with E-state index in [9.17, 15) is 14.4 Å². The van der Waals surface area contributed by atoms with Gasteiger partial charge in [-0.15, -0.1) is 0 Å². The molecule has 0 N–H and O–H groups in total. The fourth-order valence-corrected chi connectivity index (χ4v) is 7.82. The molecule has 6 nitrogen and oxygen atoms in total. The van der Waals surface area contributed by atoms with Crippen LogP contribution in [0.5, 0.6) is 0 Å². The molecular weight excluding hydrogens is 841 g/mol. The largest absolute Gasteiger partial charge is 0.462 e. The summed E-state index contributed by atoms with van der Waals surface area (Å²) in [5, 5.41) is 0. The third-order valence-electron chi connectivity index (χ3n) is 12.1. The maximum Gasteiger partial charge on any atom is 0.306 e. The highest BCUT2D eigenvalue weighted by atomic mass is 16.6. The Morgan fingerprint density at radius 1 is 0.309 bits per heavy atom. The standard InChI is InChI=1S/C62H106O6/c1-4-7-10-13-16-19-22-24-26-28-30-31-33-34-36-38-40-43-46-49-52-55-61(64)67-58-59(57-66-60(63)54-51-48-45-42-21-18-15-12-9-6-3)68-62(65)56-53-50-47-44-41-39-37-35-32-29-27-25-23-20-17-14-11-8-5-2/h8,11-12,15,17,20,22,24-25,27-28,30,32,35,59H,4-7,9-10,13-14,16,18-19,21,23,26,29,31,33-34,36-58H2,1-3H3/b11-8-,15-12-,20-17-,24-22-,27-25-,30-28-,35-32-. The van der Waals surface area contributed by atoms with Gasteiger partial charge in [-0.1, -0.05) is 228 Å². The first-order valence-corrected chi connectivity index (χ1v) is 28.6. The minimum Gasteiger partial charge on any atom is -0.462 e. The van der Waals surface area contributed by atoms with Gasteiger partial charge in [0.05, 0.1) is 0 Å². The summed E-state index contributed by atoms with van der Waals surface area (Å²) in [6.07, 6.45) is 72.9. The van der Waals surface area contributed by atoms with Crippen LogP contribution in [0.2, 0.25) is 0 Å². The van der Waals surface area contributed by atoms with Crippen molar-refractivity contribution < 1.29 is 28.6 Å². The Morgan fingerprint density at radius 3 is 0.971 bits per heavy atom. The van der Waals surface area contributed by atoms with Crippen molar-refractivity contribution in [2.75, 3.05) is 13.2 Å². The van der Waals surface area contributed by atoms with Gasteiger partial charge in [0.15, 0.2) is 6.10 Å². The second kappa shape index (κ2) is 56.2. The Balaban J connectivity index is 4.34. The van der Waals surface area contributed by atoms with Crippen LogP contribution in [-0.4, -0.2) is 37.2 Å². The lowest BCUT2D eigenvalue weighted by Gasteiger charge is -2.18. The third kappa shape index (κ3) is 53.5. The normalized spacial score (nSPS) is 12.7. The quantitative estimate of drug-likeness (QED) is 0.0262. The van der Waals surface area contributed by atoms with Crippen LogP contribution < -0.4 is 0 Å². The van der Waals surface area contributed by atoms with Gasteiger partial charge in [0.1, 0.15) is 13.2 Å². The van der Waals surface area contributed by atoms with Gasteiger partial charge < -0.3 is 14.2 Å². The Hall–Kier alpha value is -3.41. The van der Waals surface area contributed by atoms with E-state index in [1.165, 1.54) is 109 Å². The van der Waals surface area contributed by atoms with E-state index in [-0.39, 0.29) is 31.1 Å². The van der Waals surface area contributed by atoms with Crippen LogP contribution in [-0.2, 0) is 28.6 Å². The molecule has 0 aliphatic carbocycles. The van der Waals surface area contributed by atoms with Gasteiger partial charge in [-0.2, -0.15) is 0 Å². The fourth-order valence-electron chi connectivity index (χ4n) is 7.82. The average molecular weight is 948 g/mol. The SMILES string of the molecule is CC/C=C\C/C=C\C/C=C\C/C=C\CCCCCCCCC(=O)OC(COC(=O)CCCCCCC/C=C\CCC)COC(=O)CCCCCCCCCCC/C=C\C/C=C\CCCCCCC. The first kappa shape index (κ1) is 64.6. The summed E-state index contributed by atoms with van der Waals surface area (Å²) in [7, 11) is 0. The molecule has 0 aliphatic rings. The van der Waals surface area contributed by atoms with Crippen molar-refractivity contribution in [3.05, 3.63) is 85.1 Å². The number of rotatable bonds is 51. The predicted octanol–water partition coefficient (Wildman–Crippen LogP) is 19.2. The monoisotopic (exact) mass is 947 g/mol. The van der Waals surface area contributed by atoms with E-state index in [2.05, 4.69) is 106 Å². The van der Waals surface area contributed by atoms with Crippen molar-refractivity contribution >= 4 is 17.9 Å². The molecule has 68 heavy (non-hydrogen) atoms. The van der Waals surface area contributed by atoms with Crippen molar-refractivity contribution in [3.63, 3.8) is 0 Å². The number of carbonyl (C=O) groups excluding carboxylic acids is 3. The Labute approximate surface area is 420 Å². The van der Waals surface area contributed by atoms with E-state index in [1.54, 1.807) is 0 Å². The second-order valence-corrected chi connectivity index (χ2v) is 18.8. The summed E-state index contributed by atoms with van der Waals surface area (Å²) in [6, 6.07) is 0. The zero-order chi connectivity index (χ0) is 49.3. The van der Waals surface area contributed by atoms with Crippen LogP contribution in [0.25, 0.3) is 0 Å². The van der Waals surface area contributed by atoms with Crippen molar-refractivity contribution in [2.45, 2.75) is 277 Å². The molecule has 6 heteroatoms. The summed E-state index contributed by atoms with van der Waals surface area (Å²) in [5.41, 5.74) is 0. The van der Waals surface area contributed by atoms with Gasteiger partial charge in [0.2, 0.25) is 0 Å². The maximum absolute atomic E-state index is 12.8. The van der Waals surface area contributed by atoms with E-state index in [4.69, 9.17) is 14.2 Å². The van der Waals surface area contributed by atoms with Gasteiger partial charge in [0, 0.05) is 19.3 Å². The molecule has 0 rings (SSSR count). The Morgan fingerprint density at radius 2 is 0.603 bits per heavy atom. The highest BCUT2D eigenvalue weighted by molar-refractivity contribution is 5.71. The van der Waals surface area contributed by atoms with E-state index in [1.807, 2.05) is 0 Å². The summed E-state index contributed by atoms with van der Waals surface area (Å²) in [6.45, 7) is 6.44. The number of carbonyl (C=O) groups is 3. The molecule has 0 saturated carbocycles. The van der Waals surface area contributed by atoms with E-state index >= 15 is 0 Å². The predicted molar refractivity (Wildman–Crippen MR) is 293 cm³/mol. The van der Waals surface area contributed by atoms with Crippen LogP contribution in [0.1, 0.15) is 271 Å². The van der Waals surface area contributed by atoms with Crippen LogP contribution in [0, 0.1) is 0 Å². The van der Waals surface area contributed by atoms with Crippen molar-refractivity contribution in [2.24, 2.45) is 0 Å². The topological polar surface area (TPSA) is 78.9 Å². The first-order chi connectivity index (χ1) is 33.5. The van der Waals surface area contributed by atoms with Crippen molar-refractivity contribution in [1.29, 1.82) is 0 Å². The molecule has 1 unspecified atom stereocenters. The summed E-state index contributed by atoms with van der Waals surface area (Å²) < 4.78 is 16.8. The smallest absolute Gasteiger partial charge is 0.306 e. The lowest BCUT2D eigenvalue weighted by molar-refractivity contribution is -0.167. The molecule has 0 bridgehead atoms. The highest BCUT2D eigenvalue weighted by Gasteiger charge is 2.19. The Bertz CT molecular complexity index is 1320. The van der Waals surface area contributed by atoms with Crippen molar-refractivity contribution in [1.82, 2.24) is 0 Å². The number of unbranched alkanes of at least 4 members (excludes halogenated alkanes) is 26. The van der Waals surface area contributed by atoms with E-state index in [0.29, 0.717) is 19.3 Å². The lowest BCUT2D eigenvalue weighted by atomic mass is 10.1. The molecule has 0 aliphatic heterocycles. The molecule has 0 fully saturated rings. The number of hydrogen-bond donors (Lipinski definition) is 0. The summed E-state index contributed by atoms with van der Waals surface area (Å²) >= 11 is 0. The molecule has 0 heterocycles. The zero-order valence-corrected chi connectivity index (χ0v) is 44.6. The van der Waals surface area contributed by atoms with E-state index < -0.39 is 6.10 Å². The summed E-state index contributed by atoms with van der Waals surface area (Å²) in [5.74, 6) is -0.913. The molecule has 0 aromatic heterocycles. The van der Waals surface area contributed by atoms with Crippen LogP contribution in [0.3, 0.4) is 0 Å². The average Bonchev–Trinajstić information content (AvgIpc) is 3.34. The van der Waals surface area contributed by atoms with Gasteiger partial charge in [-0.25, -0.2) is 0 Å². The van der Waals surface area contributed by atoms with E-state index in [0.717, 1.165) is 122 Å². The fraction of sp³-hybridized carbons (Fsp3) is 0.726. The molecule has 390 valence electrons. The van der Waals surface area contributed by atoms with Crippen LogP contribution >= 0.6 is 0 Å². The minimum absolute atomic E-state index is 0.0874. The van der Waals surface area contributed by atoms with Crippen molar-refractivity contribution in [3.8, 4) is 0 Å². The molecular formula is C62H106O6. The Kier molecular flexibility index (Phi) is 53.4. The lowest BCUT2D eigenvalue weighted by Crippen LogP contribution is -2.30. The van der Waals surface area contributed by atoms with Crippen LogP contribution in [0.4, 0.5) is 0 Å². The second-order valence-electron chi connectivity index (χ2n) is 18.8. The maximum atomic E-state index is 12.8. The van der Waals surface area contributed by atoms with Gasteiger partial charge in [-0.3, -0.25) is 14.4 Å². The van der Waals surface area contributed by atoms with Gasteiger partial charge >= 0.3 is 17.9 Å². The molecule has 0 amide bonds. The van der Waals surface area contributed by atoms with Gasteiger partial charge in [-0.05, 0) is 109 Å². The third-order valence-corrected chi connectivity index (χ3v) is 12.1. The number of ether oxygens (including phenoxy) is 3. The first-order valence-electron chi connectivity index (χ1n) is 28.6. The molecule has 1 atom stereocenters. The molecule has 0 aromatic carbocycles. The van der Waals surface area contributed by atoms with Gasteiger partial charge in [0.25, 0.3) is 0 Å². The highest BCUT2D eigenvalue weighted by Crippen LogP contribution is 2.15. The molecule has 0 aromatic rings. The molecule has 0 saturated heterocycles. The molecule has 0 spiro atoms. The number of allylic oxidation sites excluding steroid dienone is 14.